The third-order valence-electron chi connectivity index (χ3n) is 4.89. The molecular weight excluding hydrogens is 567 g/mol. The fourth-order valence-corrected chi connectivity index (χ4v) is 6.37. The summed E-state index contributed by atoms with van der Waals surface area (Å²) in [6.07, 6.45) is -1.14. The Morgan fingerprint density at radius 2 is 1.73 bits per heavy atom. The van der Waals surface area contributed by atoms with E-state index >= 15 is 0 Å². The van der Waals surface area contributed by atoms with Crippen molar-refractivity contribution in [1.82, 2.24) is 14.9 Å². The van der Waals surface area contributed by atoms with E-state index in [2.05, 4.69) is 18.5 Å². The molecule has 1 aromatic heterocycles. The summed E-state index contributed by atoms with van der Waals surface area (Å²) in [7, 11) is -15.0. The summed E-state index contributed by atoms with van der Waals surface area (Å²) in [5, 5.41) is 13.7. The molecule has 6 atom stereocenters. The van der Waals surface area contributed by atoms with E-state index in [0.717, 1.165) is 42.6 Å². The summed E-state index contributed by atoms with van der Waals surface area (Å²) in [4.78, 5) is 61.8. The molecule has 1 aliphatic rings. The number of hydrogen-bond donors (Lipinski definition) is 7. The average molecular weight is 597 g/mol. The summed E-state index contributed by atoms with van der Waals surface area (Å²) in [5.74, 6) is 0. The lowest BCUT2D eigenvalue weighted by Crippen LogP contribution is -2.39. The molecule has 1 fully saturated rings. The molecule has 2 heterocycles. The van der Waals surface area contributed by atoms with Crippen molar-refractivity contribution < 1.29 is 61.0 Å². The van der Waals surface area contributed by atoms with Crippen molar-refractivity contribution in [2.45, 2.75) is 50.2 Å². The fourth-order valence-electron chi connectivity index (χ4n) is 3.34. The topological polar surface area (TPSA) is 265 Å². The molecule has 0 spiro atoms. The van der Waals surface area contributed by atoms with Crippen LogP contribution in [0.25, 0.3) is 0 Å². The van der Waals surface area contributed by atoms with Crippen molar-refractivity contribution in [1.29, 1.82) is 0 Å². The lowest BCUT2D eigenvalue weighted by atomic mass is 10.1. The van der Waals surface area contributed by atoms with Crippen molar-refractivity contribution in [3.63, 3.8) is 0 Å². The van der Waals surface area contributed by atoms with E-state index in [9.17, 15) is 38.2 Å². The van der Waals surface area contributed by atoms with Crippen LogP contribution < -0.4 is 16.6 Å². The van der Waals surface area contributed by atoms with Gasteiger partial charge in [-0.1, -0.05) is 12.8 Å². The molecule has 18 nitrogen and oxygen atoms in total. The second-order valence-corrected chi connectivity index (χ2v) is 12.2. The highest BCUT2D eigenvalue weighted by Gasteiger charge is 2.48. The third kappa shape index (κ3) is 10.9. The quantitative estimate of drug-likeness (QED) is 0.0917. The molecule has 7 N–H and O–H groups in total. The molecule has 37 heavy (non-hydrogen) atoms. The number of aliphatic hydroxyl groups excluding tert-OH is 1. The zero-order valence-corrected chi connectivity index (χ0v) is 22.2. The lowest BCUT2D eigenvalue weighted by Gasteiger charge is -2.22. The molecule has 2 rings (SSSR count). The first-order valence-corrected chi connectivity index (χ1v) is 15.4. The largest absolute Gasteiger partial charge is 0.490 e. The average Bonchev–Trinajstić information content (AvgIpc) is 3.04. The van der Waals surface area contributed by atoms with Gasteiger partial charge in [0.15, 0.2) is 6.23 Å². The van der Waals surface area contributed by atoms with Crippen LogP contribution in [0.1, 0.15) is 31.9 Å². The summed E-state index contributed by atoms with van der Waals surface area (Å²) in [6.45, 7) is 0.0513. The monoisotopic (exact) mass is 597 g/mol. The maximum atomic E-state index is 12.3. The highest BCUT2D eigenvalue weighted by Crippen LogP contribution is 2.66. The number of aliphatic hydroxyl groups is 1. The van der Waals surface area contributed by atoms with Gasteiger partial charge in [0.1, 0.15) is 18.3 Å². The van der Waals surface area contributed by atoms with Gasteiger partial charge in [-0.15, -0.1) is 0 Å². The van der Waals surface area contributed by atoms with Crippen LogP contribution >= 0.6 is 23.5 Å². The molecule has 1 saturated heterocycles. The SMILES string of the molecule is CNCCCCCCOC1C(O)[C@@H](COP(=O)(O)OP(=O)(O)OP(=O)(O)O)O[C@H]1n1ccc(=O)[nH]c1=O. The molecule has 0 amide bonds. The molecule has 21 heteroatoms. The van der Waals surface area contributed by atoms with E-state index in [1.54, 1.807) is 0 Å². The minimum atomic E-state index is -5.74. The number of H-pyrrole nitrogens is 1. The number of aromatic nitrogens is 2. The van der Waals surface area contributed by atoms with E-state index in [0.29, 0.717) is 6.42 Å². The van der Waals surface area contributed by atoms with Crippen molar-refractivity contribution in [2.24, 2.45) is 0 Å². The van der Waals surface area contributed by atoms with Crippen molar-refractivity contribution in [2.75, 3.05) is 26.8 Å². The highest BCUT2D eigenvalue weighted by atomic mass is 31.3. The first-order chi connectivity index (χ1) is 17.1. The van der Waals surface area contributed by atoms with E-state index in [1.165, 1.54) is 0 Å². The standard InChI is InChI=1S/C16H30N3O15P3/c1-17-7-4-2-3-5-9-30-14-13(21)11(32-15(14)19-8-6-12(20)18-16(19)22)10-31-36(26,27)34-37(28,29)33-35(23,24)25/h6,8,11,13-15,17,21H,2-5,7,9-10H2,1H3,(H,26,27)(H,28,29)(H,18,20,22)(H2,23,24,25)/t11-,13?,14?,15-/m1/s1. The van der Waals surface area contributed by atoms with Gasteiger partial charge in [0.2, 0.25) is 0 Å². The van der Waals surface area contributed by atoms with Gasteiger partial charge in [-0.3, -0.25) is 18.9 Å². The van der Waals surface area contributed by atoms with Gasteiger partial charge in [0.25, 0.3) is 5.56 Å². The zero-order valence-electron chi connectivity index (χ0n) is 19.5. The van der Waals surface area contributed by atoms with Crippen LogP contribution in [0.4, 0.5) is 0 Å². The predicted octanol–water partition coefficient (Wildman–Crippen LogP) is -0.697. The van der Waals surface area contributed by atoms with E-state index < -0.39 is 65.9 Å². The van der Waals surface area contributed by atoms with Crippen LogP contribution in [0.2, 0.25) is 0 Å². The molecule has 4 unspecified atom stereocenters. The van der Waals surface area contributed by atoms with Gasteiger partial charge in [-0.2, -0.15) is 8.62 Å². The minimum absolute atomic E-state index is 0.155. The smallest absolute Gasteiger partial charge is 0.387 e. The van der Waals surface area contributed by atoms with Crippen LogP contribution in [-0.4, -0.2) is 79.3 Å². The van der Waals surface area contributed by atoms with Gasteiger partial charge >= 0.3 is 29.2 Å². The van der Waals surface area contributed by atoms with Crippen LogP contribution in [0.3, 0.4) is 0 Å². The number of phosphoric acid groups is 3. The van der Waals surface area contributed by atoms with Gasteiger partial charge in [-0.05, 0) is 26.4 Å². The van der Waals surface area contributed by atoms with Crippen molar-refractivity contribution in [3.05, 3.63) is 33.1 Å². The number of unbranched alkanes of at least 4 members (excludes halogenated alkanes) is 3. The third-order valence-corrected chi connectivity index (χ3v) is 8.69. The lowest BCUT2D eigenvalue weighted by molar-refractivity contribution is -0.0746. The maximum Gasteiger partial charge on any atom is 0.490 e. The van der Waals surface area contributed by atoms with Gasteiger partial charge < -0.3 is 39.5 Å². The number of ether oxygens (including phenoxy) is 2. The molecule has 0 radical (unpaired) electrons. The van der Waals surface area contributed by atoms with Gasteiger partial charge in [-0.25, -0.2) is 18.5 Å². The Balaban J connectivity index is 2.08. The fraction of sp³-hybridized carbons (Fsp3) is 0.750. The van der Waals surface area contributed by atoms with E-state index in [4.69, 9.17) is 19.3 Å². The van der Waals surface area contributed by atoms with Crippen LogP contribution in [0.15, 0.2) is 21.9 Å². The van der Waals surface area contributed by atoms with E-state index in [1.807, 2.05) is 12.0 Å². The van der Waals surface area contributed by atoms with Crippen LogP contribution in [0.5, 0.6) is 0 Å². The van der Waals surface area contributed by atoms with E-state index in [-0.39, 0.29) is 6.61 Å². The molecule has 0 saturated carbocycles. The van der Waals surface area contributed by atoms with Gasteiger partial charge in [0, 0.05) is 18.9 Å². The Kier molecular flexibility index (Phi) is 12.0. The Bertz CT molecular complexity index is 1140. The Hall–Kier alpha value is -1.07. The molecular formula is C16H30N3O15P3. The maximum absolute atomic E-state index is 12.3. The number of rotatable bonds is 16. The number of nitrogens with one attached hydrogen (secondary N) is 2. The number of phosphoric ester groups is 1. The molecule has 0 aliphatic carbocycles. The molecule has 0 bridgehead atoms. The van der Waals surface area contributed by atoms with Crippen LogP contribution in [0, 0.1) is 0 Å². The molecule has 1 aliphatic heterocycles. The molecule has 1 aromatic rings. The Morgan fingerprint density at radius 1 is 1.05 bits per heavy atom. The summed E-state index contributed by atoms with van der Waals surface area (Å²) in [5.41, 5.74) is -1.58. The number of nitrogens with zero attached hydrogens (tertiary/aromatic N) is 1. The van der Waals surface area contributed by atoms with Crippen molar-refractivity contribution in [3.8, 4) is 0 Å². The Morgan fingerprint density at radius 3 is 2.35 bits per heavy atom. The first-order valence-electron chi connectivity index (χ1n) is 10.8. The number of hydrogen-bond acceptors (Lipinski definition) is 12. The summed E-state index contributed by atoms with van der Waals surface area (Å²) in [6, 6.07) is 1.02. The highest BCUT2D eigenvalue weighted by molar-refractivity contribution is 7.66. The predicted molar refractivity (Wildman–Crippen MR) is 123 cm³/mol. The molecule has 214 valence electrons. The second-order valence-electron chi connectivity index (χ2n) is 7.81. The normalized spacial score (nSPS) is 25.6. The minimum Gasteiger partial charge on any atom is -0.387 e. The van der Waals surface area contributed by atoms with Gasteiger partial charge in [0.05, 0.1) is 6.61 Å². The van der Waals surface area contributed by atoms with Crippen LogP contribution in [-0.2, 0) is 36.3 Å². The summed E-state index contributed by atoms with van der Waals surface area (Å²) >= 11 is 0. The first kappa shape index (κ1) is 32.1. The second kappa shape index (κ2) is 13.8. The zero-order chi connectivity index (χ0) is 27.9. The number of aromatic amines is 1. The molecule has 0 aromatic carbocycles. The Labute approximate surface area is 210 Å². The van der Waals surface area contributed by atoms with Crippen molar-refractivity contribution >= 4 is 23.5 Å². The summed E-state index contributed by atoms with van der Waals surface area (Å²) < 4.78 is 58.2.